The van der Waals surface area contributed by atoms with Gasteiger partial charge >= 0.3 is 0 Å². The lowest BCUT2D eigenvalue weighted by molar-refractivity contribution is -0.116. The molecule has 3 aromatic carbocycles. The largest absolute Gasteiger partial charge is 0.497 e. The Hall–Kier alpha value is -3.33. The molecule has 0 aliphatic carbocycles. The van der Waals surface area contributed by atoms with E-state index in [0.29, 0.717) is 5.57 Å². The number of hydrogen-bond acceptors (Lipinski definition) is 2. The summed E-state index contributed by atoms with van der Waals surface area (Å²) in [5.41, 5.74) is 4.80. The van der Waals surface area contributed by atoms with Crippen LogP contribution in [0.5, 0.6) is 5.75 Å². The third-order valence-electron chi connectivity index (χ3n) is 4.95. The highest BCUT2D eigenvalue weighted by Crippen LogP contribution is 2.23. The molecule has 0 heterocycles. The Morgan fingerprint density at radius 1 is 0.966 bits per heavy atom. The Morgan fingerprint density at radius 2 is 1.62 bits per heavy atom. The van der Waals surface area contributed by atoms with E-state index in [4.69, 9.17) is 4.74 Å². The molecule has 0 aromatic heterocycles. The summed E-state index contributed by atoms with van der Waals surface area (Å²) in [4.78, 5) is 13.3. The maximum absolute atomic E-state index is 13.3. The van der Waals surface area contributed by atoms with Gasteiger partial charge in [0.25, 0.3) is 5.91 Å². The maximum Gasteiger partial charge on any atom is 0.252 e. The summed E-state index contributed by atoms with van der Waals surface area (Å²) < 4.78 is 5.23. The van der Waals surface area contributed by atoms with Crippen LogP contribution in [0.15, 0.2) is 78.9 Å². The van der Waals surface area contributed by atoms with Gasteiger partial charge in [-0.25, -0.2) is 0 Å². The zero-order valence-corrected chi connectivity index (χ0v) is 17.2. The molecule has 0 fully saturated rings. The zero-order chi connectivity index (χ0) is 20.6. The van der Waals surface area contributed by atoms with Crippen LogP contribution < -0.4 is 10.1 Å². The van der Waals surface area contributed by atoms with Crippen molar-refractivity contribution < 1.29 is 9.53 Å². The first kappa shape index (κ1) is 20.4. The van der Waals surface area contributed by atoms with Crippen molar-refractivity contribution in [1.29, 1.82) is 0 Å². The van der Waals surface area contributed by atoms with E-state index >= 15 is 0 Å². The molecule has 0 spiro atoms. The molecule has 1 atom stereocenters. The number of amides is 1. The third kappa shape index (κ3) is 5.35. The molecule has 0 aliphatic heterocycles. The lowest BCUT2D eigenvalue weighted by atomic mass is 9.99. The number of carbonyl (C=O) groups is 1. The molecular formula is C26H27NO2. The number of rotatable bonds is 7. The molecule has 148 valence electrons. The molecule has 0 saturated heterocycles. The first-order valence-corrected chi connectivity index (χ1v) is 9.89. The van der Waals surface area contributed by atoms with E-state index in [1.165, 1.54) is 5.56 Å². The van der Waals surface area contributed by atoms with Crippen molar-refractivity contribution in [2.45, 2.75) is 26.3 Å². The second kappa shape index (κ2) is 9.74. The van der Waals surface area contributed by atoms with Gasteiger partial charge in [0.05, 0.1) is 13.2 Å². The summed E-state index contributed by atoms with van der Waals surface area (Å²) in [7, 11) is 1.64. The number of nitrogens with one attached hydrogen (secondary N) is 1. The highest BCUT2D eigenvalue weighted by molar-refractivity contribution is 6.24. The van der Waals surface area contributed by atoms with Crippen LogP contribution in [0.1, 0.15) is 41.6 Å². The van der Waals surface area contributed by atoms with E-state index < -0.39 is 0 Å². The maximum atomic E-state index is 13.3. The van der Waals surface area contributed by atoms with Crippen LogP contribution in [0.4, 0.5) is 0 Å². The fourth-order valence-corrected chi connectivity index (χ4v) is 3.22. The molecule has 0 aliphatic rings. The van der Waals surface area contributed by atoms with Crippen LogP contribution in [0.3, 0.4) is 0 Å². The number of carbonyl (C=O) groups excluding carboxylic acids is 1. The van der Waals surface area contributed by atoms with Gasteiger partial charge in [-0.15, -0.1) is 0 Å². The lowest BCUT2D eigenvalue weighted by Crippen LogP contribution is -2.28. The fourth-order valence-electron chi connectivity index (χ4n) is 3.22. The number of benzene rings is 3. The van der Waals surface area contributed by atoms with Crippen molar-refractivity contribution in [3.05, 3.63) is 101 Å². The first-order valence-electron chi connectivity index (χ1n) is 9.89. The van der Waals surface area contributed by atoms with Gasteiger partial charge in [0.1, 0.15) is 5.75 Å². The molecule has 1 N–H and O–H groups in total. The van der Waals surface area contributed by atoms with Crippen molar-refractivity contribution in [3.8, 4) is 5.75 Å². The molecule has 0 saturated carbocycles. The number of methoxy groups -OCH3 is 1. The second-order valence-electron chi connectivity index (χ2n) is 7.04. The molecule has 29 heavy (non-hydrogen) atoms. The topological polar surface area (TPSA) is 38.3 Å². The minimum Gasteiger partial charge on any atom is -0.497 e. The molecule has 0 bridgehead atoms. The normalized spacial score (nSPS) is 12.3. The van der Waals surface area contributed by atoms with E-state index in [2.05, 4.69) is 43.4 Å². The number of ether oxygens (including phenoxy) is 1. The van der Waals surface area contributed by atoms with Gasteiger partial charge in [0.2, 0.25) is 0 Å². The van der Waals surface area contributed by atoms with Gasteiger partial charge < -0.3 is 10.1 Å². The predicted molar refractivity (Wildman–Crippen MR) is 120 cm³/mol. The van der Waals surface area contributed by atoms with Gasteiger partial charge in [-0.3, -0.25) is 4.79 Å². The van der Waals surface area contributed by atoms with Crippen LogP contribution in [-0.4, -0.2) is 13.0 Å². The molecule has 1 amide bonds. The average Bonchev–Trinajstić information content (AvgIpc) is 2.77. The average molecular weight is 386 g/mol. The molecule has 3 heteroatoms. The standard InChI is InChI=1S/C26H27NO2/c1-4-25(22-14-10-19(2)11-15-22)27-26(28)24(21-8-6-5-7-9-21)18-20-12-16-23(29-3)17-13-20/h5-18,25H,4H2,1-3H3,(H,27,28)/b24-18+/t25-/m0/s1. The fraction of sp³-hybridized carbons (Fsp3) is 0.192. The first-order chi connectivity index (χ1) is 14.1. The van der Waals surface area contributed by atoms with Crippen molar-refractivity contribution in [2.75, 3.05) is 7.11 Å². The minimum atomic E-state index is -0.0838. The third-order valence-corrected chi connectivity index (χ3v) is 4.95. The van der Waals surface area contributed by atoms with Gasteiger partial charge in [-0.1, -0.05) is 79.2 Å². The minimum absolute atomic E-state index is 0.0360. The smallest absolute Gasteiger partial charge is 0.252 e. The molecule has 0 radical (unpaired) electrons. The summed E-state index contributed by atoms with van der Waals surface area (Å²) in [6.07, 6.45) is 2.74. The van der Waals surface area contributed by atoms with E-state index in [0.717, 1.165) is 28.9 Å². The van der Waals surface area contributed by atoms with Crippen LogP contribution in [0.25, 0.3) is 11.6 Å². The molecular weight excluding hydrogens is 358 g/mol. The highest BCUT2D eigenvalue weighted by atomic mass is 16.5. The predicted octanol–water partition coefficient (Wildman–Crippen LogP) is 5.81. The molecule has 0 unspecified atom stereocenters. The van der Waals surface area contributed by atoms with Crippen LogP contribution in [-0.2, 0) is 4.79 Å². The van der Waals surface area contributed by atoms with Crippen molar-refractivity contribution >= 4 is 17.6 Å². The Bertz CT molecular complexity index is 958. The summed E-state index contributed by atoms with van der Waals surface area (Å²) in [5.74, 6) is 0.706. The Kier molecular flexibility index (Phi) is 6.85. The Balaban J connectivity index is 1.91. The summed E-state index contributed by atoms with van der Waals surface area (Å²) in [5, 5.41) is 3.21. The number of hydrogen-bond donors (Lipinski definition) is 1. The van der Waals surface area contributed by atoms with Crippen molar-refractivity contribution in [2.24, 2.45) is 0 Å². The number of aryl methyl sites for hydroxylation is 1. The molecule has 3 nitrogen and oxygen atoms in total. The van der Waals surface area contributed by atoms with Gasteiger partial charge in [0.15, 0.2) is 0 Å². The Morgan fingerprint density at radius 3 is 2.21 bits per heavy atom. The van der Waals surface area contributed by atoms with E-state index in [1.807, 2.05) is 60.7 Å². The monoisotopic (exact) mass is 385 g/mol. The molecule has 3 aromatic rings. The van der Waals surface area contributed by atoms with E-state index in [1.54, 1.807) is 7.11 Å². The van der Waals surface area contributed by atoms with Gasteiger partial charge in [-0.05, 0) is 48.2 Å². The van der Waals surface area contributed by atoms with Crippen LogP contribution in [0.2, 0.25) is 0 Å². The molecule has 3 rings (SSSR count). The summed E-state index contributed by atoms with van der Waals surface area (Å²) >= 11 is 0. The zero-order valence-electron chi connectivity index (χ0n) is 17.2. The van der Waals surface area contributed by atoms with Gasteiger partial charge in [-0.2, -0.15) is 0 Å². The van der Waals surface area contributed by atoms with Crippen molar-refractivity contribution in [3.63, 3.8) is 0 Å². The van der Waals surface area contributed by atoms with Crippen LogP contribution in [0, 0.1) is 6.92 Å². The SMILES string of the molecule is CC[C@H](NC(=O)/C(=C/c1ccc(OC)cc1)c1ccccc1)c1ccc(C)cc1. The highest BCUT2D eigenvalue weighted by Gasteiger charge is 2.17. The quantitative estimate of drug-likeness (QED) is 0.412. The Labute approximate surface area is 173 Å². The van der Waals surface area contributed by atoms with Gasteiger partial charge in [0, 0.05) is 5.57 Å². The van der Waals surface area contributed by atoms with E-state index in [9.17, 15) is 4.79 Å². The van der Waals surface area contributed by atoms with Crippen LogP contribution >= 0.6 is 0 Å². The van der Waals surface area contributed by atoms with E-state index in [-0.39, 0.29) is 11.9 Å². The lowest BCUT2D eigenvalue weighted by Gasteiger charge is -2.19. The summed E-state index contributed by atoms with van der Waals surface area (Å²) in [6.45, 7) is 4.15. The second-order valence-corrected chi connectivity index (χ2v) is 7.04. The van der Waals surface area contributed by atoms with Crippen molar-refractivity contribution in [1.82, 2.24) is 5.32 Å². The summed E-state index contributed by atoms with van der Waals surface area (Å²) in [6, 6.07) is 25.7.